The Morgan fingerprint density at radius 2 is 1.87 bits per heavy atom. The number of para-hydroxylation sites is 1. The third-order valence-electron chi connectivity index (χ3n) is 4.72. The van der Waals surface area contributed by atoms with E-state index in [2.05, 4.69) is 20.4 Å². The summed E-state index contributed by atoms with van der Waals surface area (Å²) in [5, 5.41) is 19.9. The number of nitrogens with one attached hydrogen (secondary N) is 1. The highest BCUT2D eigenvalue weighted by atomic mass is 19.4. The van der Waals surface area contributed by atoms with Gasteiger partial charge < -0.3 is 15.3 Å². The molecule has 2 heterocycles. The Hall–Kier alpha value is -3.66. The highest BCUT2D eigenvalue weighted by Crippen LogP contribution is 2.38. The fourth-order valence-corrected chi connectivity index (χ4v) is 3.01. The molecule has 160 valence electrons. The van der Waals surface area contributed by atoms with Crippen LogP contribution in [0.2, 0.25) is 0 Å². The van der Waals surface area contributed by atoms with Crippen LogP contribution in [0.5, 0.6) is 0 Å². The molecular formula is C21H17F3N4O3. The van der Waals surface area contributed by atoms with Crippen molar-refractivity contribution in [2.45, 2.75) is 24.9 Å². The fourth-order valence-electron chi connectivity index (χ4n) is 3.01. The summed E-state index contributed by atoms with van der Waals surface area (Å²) in [4.78, 5) is 16.5. The van der Waals surface area contributed by atoms with E-state index in [9.17, 15) is 23.1 Å². The van der Waals surface area contributed by atoms with Crippen LogP contribution in [-0.2, 0) is 11.4 Å². The number of carbonyl (C=O) groups is 1. The van der Waals surface area contributed by atoms with Crippen LogP contribution in [0.25, 0.3) is 0 Å². The molecule has 31 heavy (non-hydrogen) atoms. The molecule has 0 saturated heterocycles. The molecule has 10 heteroatoms. The largest absolute Gasteiger partial charge is 0.458 e. The van der Waals surface area contributed by atoms with E-state index in [1.165, 1.54) is 6.20 Å². The maximum atomic E-state index is 12.8. The van der Waals surface area contributed by atoms with Gasteiger partial charge in [-0.1, -0.05) is 47.6 Å². The van der Waals surface area contributed by atoms with Gasteiger partial charge >= 0.3 is 12.0 Å². The van der Waals surface area contributed by atoms with Crippen LogP contribution in [0, 0.1) is 0 Å². The molecule has 0 fully saturated rings. The summed E-state index contributed by atoms with van der Waals surface area (Å²) in [6.07, 6.45) is -2.67. The first-order valence-corrected chi connectivity index (χ1v) is 9.26. The van der Waals surface area contributed by atoms with Gasteiger partial charge in [0.15, 0.2) is 0 Å². The molecule has 0 saturated carbocycles. The molecule has 1 unspecified atom stereocenters. The van der Waals surface area contributed by atoms with Gasteiger partial charge in [0, 0.05) is 11.9 Å². The number of anilines is 1. The minimum Gasteiger partial charge on any atom is -0.350 e. The second kappa shape index (κ2) is 7.88. The summed E-state index contributed by atoms with van der Waals surface area (Å²) in [6, 6.07) is 15.6. The van der Waals surface area contributed by atoms with Crippen molar-refractivity contribution in [3.05, 3.63) is 83.7 Å². The van der Waals surface area contributed by atoms with Crippen molar-refractivity contribution in [2.75, 3.05) is 5.32 Å². The molecule has 2 aromatic carbocycles. The van der Waals surface area contributed by atoms with Gasteiger partial charge in [-0.2, -0.15) is 18.3 Å². The summed E-state index contributed by atoms with van der Waals surface area (Å²) in [7, 11) is 0. The van der Waals surface area contributed by atoms with Crippen molar-refractivity contribution in [1.29, 1.82) is 0 Å². The Balaban J connectivity index is 1.39. The quantitative estimate of drug-likeness (QED) is 0.648. The molecule has 0 radical (unpaired) electrons. The molecule has 3 aromatic rings. The highest BCUT2D eigenvalue weighted by Gasteiger charge is 2.60. The number of benzene rings is 2. The van der Waals surface area contributed by atoms with E-state index < -0.39 is 18.4 Å². The summed E-state index contributed by atoms with van der Waals surface area (Å²) < 4.78 is 40.1. The Bertz CT molecular complexity index is 1110. The molecule has 1 amide bonds. The van der Waals surface area contributed by atoms with E-state index in [1.54, 1.807) is 47.3 Å². The first-order chi connectivity index (χ1) is 14.7. The number of hydrogen-bond acceptors (Lipinski definition) is 5. The molecule has 1 aromatic heterocycles. The van der Waals surface area contributed by atoms with Crippen molar-refractivity contribution in [3.63, 3.8) is 0 Å². The molecule has 0 bridgehead atoms. The molecule has 1 aliphatic rings. The number of aliphatic hydroxyl groups is 1. The highest BCUT2D eigenvalue weighted by molar-refractivity contribution is 6.04. The Morgan fingerprint density at radius 3 is 2.52 bits per heavy atom. The third-order valence-corrected chi connectivity index (χ3v) is 4.72. The number of carbonyl (C=O) groups excluding carboxylic acids is 1. The summed E-state index contributed by atoms with van der Waals surface area (Å²) >= 11 is 0. The molecule has 0 aliphatic carbocycles. The van der Waals surface area contributed by atoms with Gasteiger partial charge in [0.05, 0.1) is 30.4 Å². The molecule has 7 nitrogen and oxygen atoms in total. The van der Waals surface area contributed by atoms with Crippen molar-refractivity contribution in [2.24, 2.45) is 5.16 Å². The predicted molar refractivity (Wildman–Crippen MR) is 105 cm³/mol. The van der Waals surface area contributed by atoms with Crippen molar-refractivity contribution < 1.29 is 27.9 Å². The van der Waals surface area contributed by atoms with E-state index in [-0.39, 0.29) is 11.6 Å². The smallest absolute Gasteiger partial charge is 0.350 e. The van der Waals surface area contributed by atoms with Gasteiger partial charge in [-0.3, -0.25) is 9.48 Å². The number of amides is 1. The zero-order chi connectivity index (χ0) is 22.1. The van der Waals surface area contributed by atoms with E-state index in [4.69, 9.17) is 0 Å². The lowest BCUT2D eigenvalue weighted by atomic mass is 10.0. The van der Waals surface area contributed by atoms with Crippen LogP contribution in [-0.4, -0.2) is 38.5 Å². The topological polar surface area (TPSA) is 88.7 Å². The number of alkyl halides is 3. The van der Waals surface area contributed by atoms with Gasteiger partial charge in [0.1, 0.15) is 0 Å². The summed E-state index contributed by atoms with van der Waals surface area (Å²) in [5.74, 6) is -3.59. The van der Waals surface area contributed by atoms with Gasteiger partial charge in [0.25, 0.3) is 5.91 Å². The van der Waals surface area contributed by atoms with Crippen LogP contribution >= 0.6 is 0 Å². The second-order valence-electron chi connectivity index (χ2n) is 7.03. The zero-order valence-corrected chi connectivity index (χ0v) is 16.0. The number of oxime groups is 1. The number of halogens is 3. The van der Waals surface area contributed by atoms with E-state index in [1.807, 2.05) is 18.2 Å². The maximum absolute atomic E-state index is 12.8. The van der Waals surface area contributed by atoms with Crippen LogP contribution in [0.3, 0.4) is 0 Å². The van der Waals surface area contributed by atoms with E-state index in [0.29, 0.717) is 23.4 Å². The molecule has 0 spiro atoms. The molecule has 4 rings (SSSR count). The summed E-state index contributed by atoms with van der Waals surface area (Å²) in [6.45, 7) is 0.356. The fraction of sp³-hybridized carbons (Fsp3) is 0.190. The van der Waals surface area contributed by atoms with Crippen molar-refractivity contribution in [3.8, 4) is 0 Å². The normalized spacial score (nSPS) is 18.4. The molecule has 2 N–H and O–H groups in total. The van der Waals surface area contributed by atoms with Crippen LogP contribution in [0.15, 0.2) is 72.1 Å². The van der Waals surface area contributed by atoms with E-state index >= 15 is 0 Å². The number of nitrogens with zero attached hydrogens (tertiary/aromatic N) is 3. The van der Waals surface area contributed by atoms with Crippen molar-refractivity contribution in [1.82, 2.24) is 9.78 Å². The van der Waals surface area contributed by atoms with Crippen LogP contribution in [0.4, 0.5) is 18.9 Å². The SMILES string of the molecule is O=C(Nc1ccccc1)c1cnn(Cc2ccc(C3=NOC(O)(C(F)(F)F)C3)cc2)c1. The van der Waals surface area contributed by atoms with Crippen LogP contribution in [0.1, 0.15) is 27.9 Å². The average Bonchev–Trinajstić information content (AvgIpc) is 3.37. The van der Waals surface area contributed by atoms with Gasteiger partial charge in [-0.15, -0.1) is 0 Å². The number of aromatic nitrogens is 2. The Kier molecular flexibility index (Phi) is 5.24. The number of rotatable bonds is 5. The molecule has 1 atom stereocenters. The zero-order valence-electron chi connectivity index (χ0n) is 16.0. The van der Waals surface area contributed by atoms with Gasteiger partial charge in [0.2, 0.25) is 0 Å². The Labute approximate surface area is 174 Å². The lowest BCUT2D eigenvalue weighted by molar-refractivity contribution is -0.355. The lowest BCUT2D eigenvalue weighted by Gasteiger charge is -2.22. The maximum Gasteiger partial charge on any atom is 0.458 e. The predicted octanol–water partition coefficient (Wildman–Crippen LogP) is 3.56. The number of hydrogen-bond donors (Lipinski definition) is 2. The second-order valence-corrected chi connectivity index (χ2v) is 7.03. The van der Waals surface area contributed by atoms with Gasteiger partial charge in [-0.05, 0) is 23.3 Å². The third kappa shape index (κ3) is 4.43. The standard InChI is InChI=1S/C21H17F3N4O3/c22-21(23,24)20(30)10-18(27-31-20)15-8-6-14(7-9-15)12-28-13-16(11-25-28)19(29)26-17-4-2-1-3-5-17/h1-9,11,13,30H,10,12H2,(H,26,29). The first-order valence-electron chi connectivity index (χ1n) is 9.26. The average molecular weight is 430 g/mol. The van der Waals surface area contributed by atoms with Gasteiger partial charge in [-0.25, -0.2) is 0 Å². The Morgan fingerprint density at radius 1 is 1.16 bits per heavy atom. The van der Waals surface area contributed by atoms with Crippen LogP contribution < -0.4 is 5.32 Å². The monoisotopic (exact) mass is 430 g/mol. The minimum absolute atomic E-state index is 0.00494. The molecule has 1 aliphatic heterocycles. The minimum atomic E-state index is -4.94. The first kappa shape index (κ1) is 20.6. The molecular weight excluding hydrogens is 413 g/mol. The summed E-state index contributed by atoms with van der Waals surface area (Å²) in [5.41, 5.74) is 2.29. The van der Waals surface area contributed by atoms with Crippen molar-refractivity contribution >= 4 is 17.3 Å². The lowest BCUT2D eigenvalue weighted by Crippen LogP contribution is -2.45. The van der Waals surface area contributed by atoms with E-state index in [0.717, 1.165) is 5.56 Å².